The Morgan fingerprint density at radius 1 is 1.56 bits per heavy atom. The second kappa shape index (κ2) is 5.75. The lowest BCUT2D eigenvalue weighted by atomic mass is 10.1. The molecule has 1 aliphatic rings. The van der Waals surface area contributed by atoms with Crippen molar-refractivity contribution in [1.29, 1.82) is 0 Å². The Kier molecular flexibility index (Phi) is 4.57. The summed E-state index contributed by atoms with van der Waals surface area (Å²) in [5, 5.41) is 12.1. The lowest BCUT2D eigenvalue weighted by molar-refractivity contribution is 0.534. The summed E-state index contributed by atoms with van der Waals surface area (Å²) in [6.07, 6.45) is 0. The van der Waals surface area contributed by atoms with Gasteiger partial charge in [-0.05, 0) is 23.0 Å². The van der Waals surface area contributed by atoms with Crippen molar-refractivity contribution >= 4 is 39.5 Å². The largest absolute Gasteiger partial charge is 0.311 e. The van der Waals surface area contributed by atoms with Gasteiger partial charge in [-0.25, -0.2) is 4.68 Å². The van der Waals surface area contributed by atoms with Crippen LogP contribution in [0.3, 0.4) is 0 Å². The molecule has 1 aromatic rings. The SMILES string of the molecule is CNC(c1c(Br)nnn1C)C1CSCCS1. The minimum absolute atomic E-state index is 0.312. The molecule has 2 atom stereocenters. The first-order chi connectivity index (χ1) is 7.74. The molecule has 0 bridgehead atoms. The standard InChI is InChI=1S/C9H15BrN4S2/c1-11-7(6-5-15-3-4-16-6)8-9(10)12-13-14(8)2/h6-7,11H,3-5H2,1-2H3. The van der Waals surface area contributed by atoms with Gasteiger partial charge >= 0.3 is 0 Å². The molecule has 90 valence electrons. The third kappa shape index (κ3) is 2.57. The monoisotopic (exact) mass is 322 g/mol. The van der Waals surface area contributed by atoms with Gasteiger partial charge in [0, 0.05) is 29.6 Å². The maximum Gasteiger partial charge on any atom is 0.153 e. The van der Waals surface area contributed by atoms with Gasteiger partial charge in [-0.1, -0.05) is 5.21 Å². The molecule has 16 heavy (non-hydrogen) atoms. The van der Waals surface area contributed by atoms with Gasteiger partial charge in [-0.2, -0.15) is 23.5 Å². The van der Waals surface area contributed by atoms with Crippen LogP contribution in [0.5, 0.6) is 0 Å². The number of aromatic nitrogens is 3. The Labute approximate surface area is 112 Å². The topological polar surface area (TPSA) is 42.7 Å². The van der Waals surface area contributed by atoms with Crippen LogP contribution in [0.15, 0.2) is 4.60 Å². The van der Waals surface area contributed by atoms with Crippen molar-refractivity contribution in [3.63, 3.8) is 0 Å². The van der Waals surface area contributed by atoms with Gasteiger partial charge in [0.25, 0.3) is 0 Å². The van der Waals surface area contributed by atoms with E-state index in [-0.39, 0.29) is 0 Å². The average Bonchev–Trinajstić information content (AvgIpc) is 2.63. The number of rotatable bonds is 3. The van der Waals surface area contributed by atoms with Crippen LogP contribution in [0.4, 0.5) is 0 Å². The van der Waals surface area contributed by atoms with Crippen LogP contribution in [0, 0.1) is 0 Å². The highest BCUT2D eigenvalue weighted by atomic mass is 79.9. The smallest absolute Gasteiger partial charge is 0.153 e. The fraction of sp³-hybridized carbons (Fsp3) is 0.778. The number of aryl methyl sites for hydroxylation is 1. The van der Waals surface area contributed by atoms with Crippen molar-refractivity contribution in [2.24, 2.45) is 7.05 Å². The predicted molar refractivity (Wildman–Crippen MR) is 74.1 cm³/mol. The van der Waals surface area contributed by atoms with E-state index >= 15 is 0 Å². The van der Waals surface area contributed by atoms with Crippen LogP contribution >= 0.6 is 39.5 Å². The Balaban J connectivity index is 2.21. The Morgan fingerprint density at radius 2 is 2.38 bits per heavy atom. The zero-order valence-corrected chi connectivity index (χ0v) is 12.5. The maximum absolute atomic E-state index is 4.05. The molecule has 0 saturated carbocycles. The summed E-state index contributed by atoms with van der Waals surface area (Å²) in [5.41, 5.74) is 1.14. The highest BCUT2D eigenvalue weighted by Crippen LogP contribution is 2.35. The van der Waals surface area contributed by atoms with E-state index < -0.39 is 0 Å². The van der Waals surface area contributed by atoms with Crippen LogP contribution in [0.2, 0.25) is 0 Å². The number of halogens is 1. The third-order valence-corrected chi connectivity index (χ3v) is 6.07. The zero-order valence-electron chi connectivity index (χ0n) is 9.31. The number of thioether (sulfide) groups is 2. The van der Waals surface area contributed by atoms with Gasteiger partial charge in [0.1, 0.15) is 0 Å². The Morgan fingerprint density at radius 3 is 2.88 bits per heavy atom. The summed E-state index contributed by atoms with van der Waals surface area (Å²) >= 11 is 7.54. The van der Waals surface area contributed by atoms with E-state index in [2.05, 4.69) is 31.6 Å². The van der Waals surface area contributed by atoms with Gasteiger partial charge < -0.3 is 5.32 Å². The average molecular weight is 323 g/mol. The fourth-order valence-corrected chi connectivity index (χ4v) is 5.32. The zero-order chi connectivity index (χ0) is 11.5. The molecular weight excluding hydrogens is 308 g/mol. The minimum Gasteiger partial charge on any atom is -0.311 e. The number of hydrogen-bond acceptors (Lipinski definition) is 5. The van der Waals surface area contributed by atoms with Crippen LogP contribution in [0.1, 0.15) is 11.7 Å². The van der Waals surface area contributed by atoms with Gasteiger partial charge in [0.2, 0.25) is 0 Å². The first kappa shape index (κ1) is 12.7. The van der Waals surface area contributed by atoms with Gasteiger partial charge in [-0.3, -0.25) is 0 Å². The molecule has 0 amide bonds. The summed E-state index contributed by atoms with van der Waals surface area (Å²) < 4.78 is 2.70. The summed E-state index contributed by atoms with van der Waals surface area (Å²) in [7, 11) is 3.95. The first-order valence-electron chi connectivity index (χ1n) is 5.15. The summed E-state index contributed by atoms with van der Waals surface area (Å²) in [6.45, 7) is 0. The van der Waals surface area contributed by atoms with E-state index in [0.29, 0.717) is 11.3 Å². The molecule has 1 aromatic heterocycles. The third-order valence-electron chi connectivity index (χ3n) is 2.65. The summed E-state index contributed by atoms with van der Waals surface area (Å²) in [5.74, 6) is 3.69. The second-order valence-corrected chi connectivity index (χ2v) is 6.89. The van der Waals surface area contributed by atoms with Crippen LogP contribution < -0.4 is 5.32 Å². The molecule has 1 N–H and O–H groups in total. The van der Waals surface area contributed by atoms with E-state index in [4.69, 9.17) is 0 Å². The Hall–Kier alpha value is 0.280. The summed E-state index contributed by atoms with van der Waals surface area (Å²) in [4.78, 5) is 0. The molecular formula is C9H15BrN4S2. The van der Waals surface area contributed by atoms with E-state index in [1.54, 1.807) is 0 Å². The van der Waals surface area contributed by atoms with Crippen LogP contribution in [-0.2, 0) is 7.05 Å². The van der Waals surface area contributed by atoms with Crippen molar-refractivity contribution in [3.05, 3.63) is 10.3 Å². The molecule has 2 rings (SSSR count). The summed E-state index contributed by atoms with van der Waals surface area (Å²) in [6, 6.07) is 0.312. The molecule has 0 aliphatic carbocycles. The lowest BCUT2D eigenvalue weighted by Gasteiger charge is -2.29. The number of hydrogen-bond donors (Lipinski definition) is 1. The van der Waals surface area contributed by atoms with Crippen molar-refractivity contribution < 1.29 is 0 Å². The second-order valence-electron chi connectivity index (χ2n) is 3.64. The minimum atomic E-state index is 0.312. The number of nitrogens with one attached hydrogen (secondary N) is 1. The van der Waals surface area contributed by atoms with E-state index in [9.17, 15) is 0 Å². The van der Waals surface area contributed by atoms with Crippen LogP contribution in [0.25, 0.3) is 0 Å². The molecule has 2 heterocycles. The van der Waals surface area contributed by atoms with Crippen molar-refractivity contribution in [2.75, 3.05) is 24.3 Å². The molecule has 1 aliphatic heterocycles. The van der Waals surface area contributed by atoms with Crippen molar-refractivity contribution in [1.82, 2.24) is 20.3 Å². The first-order valence-corrected chi connectivity index (χ1v) is 8.15. The van der Waals surface area contributed by atoms with Crippen molar-refractivity contribution in [2.45, 2.75) is 11.3 Å². The lowest BCUT2D eigenvalue weighted by Crippen LogP contribution is -2.33. The van der Waals surface area contributed by atoms with Crippen LogP contribution in [-0.4, -0.2) is 44.6 Å². The molecule has 7 heteroatoms. The van der Waals surface area contributed by atoms with E-state index in [1.807, 2.05) is 42.3 Å². The fourth-order valence-electron chi connectivity index (χ4n) is 1.87. The molecule has 0 spiro atoms. The molecule has 0 aromatic carbocycles. The Bertz CT molecular complexity index is 332. The van der Waals surface area contributed by atoms with Crippen molar-refractivity contribution in [3.8, 4) is 0 Å². The van der Waals surface area contributed by atoms with Gasteiger partial charge in [0.05, 0.1) is 11.7 Å². The predicted octanol–water partition coefficient (Wildman–Crippen LogP) is 1.69. The van der Waals surface area contributed by atoms with E-state index in [0.717, 1.165) is 10.3 Å². The van der Waals surface area contributed by atoms with E-state index in [1.165, 1.54) is 17.3 Å². The maximum atomic E-state index is 4.05. The van der Waals surface area contributed by atoms with Gasteiger partial charge in [0.15, 0.2) is 4.60 Å². The molecule has 2 unspecified atom stereocenters. The molecule has 1 fully saturated rings. The molecule has 0 radical (unpaired) electrons. The number of nitrogens with zero attached hydrogens (tertiary/aromatic N) is 3. The quantitative estimate of drug-likeness (QED) is 0.917. The molecule has 4 nitrogen and oxygen atoms in total. The van der Waals surface area contributed by atoms with Gasteiger partial charge in [-0.15, -0.1) is 5.10 Å². The highest BCUT2D eigenvalue weighted by Gasteiger charge is 2.29. The highest BCUT2D eigenvalue weighted by molar-refractivity contribution is 9.10. The normalized spacial score (nSPS) is 23.3. The molecule has 1 saturated heterocycles.